The summed E-state index contributed by atoms with van der Waals surface area (Å²) < 4.78 is 0. The second-order valence-corrected chi connectivity index (χ2v) is 6.33. The summed E-state index contributed by atoms with van der Waals surface area (Å²) in [6.45, 7) is 3.94. The van der Waals surface area contributed by atoms with E-state index in [0.717, 1.165) is 12.8 Å². The minimum Gasteiger partial charge on any atom is -0.375 e. The lowest BCUT2D eigenvalue weighted by Crippen LogP contribution is -2.49. The van der Waals surface area contributed by atoms with Gasteiger partial charge in [0.15, 0.2) is 5.60 Å². The van der Waals surface area contributed by atoms with Crippen LogP contribution in [0.4, 0.5) is 5.69 Å². The van der Waals surface area contributed by atoms with E-state index in [4.69, 9.17) is 11.6 Å². The lowest BCUT2D eigenvalue weighted by Gasteiger charge is -2.33. The average Bonchev–Trinajstić information content (AvgIpc) is 2.71. The van der Waals surface area contributed by atoms with Crippen LogP contribution < -0.4 is 4.90 Å². The van der Waals surface area contributed by atoms with Gasteiger partial charge in [-0.15, -0.1) is 6.58 Å². The molecule has 0 unspecified atom stereocenters. The normalized spacial score (nSPS) is 27.9. The molecule has 2 atom stereocenters. The minimum atomic E-state index is -1.80. The maximum absolute atomic E-state index is 12.9. The predicted molar refractivity (Wildman–Crippen MR) is 84.9 cm³/mol. The molecule has 0 bridgehead atoms. The first-order chi connectivity index (χ1) is 10.5. The lowest BCUT2D eigenvalue weighted by atomic mass is 9.73. The summed E-state index contributed by atoms with van der Waals surface area (Å²) in [6.07, 6.45) is 4.19. The number of Topliss-reactive ketones (excluding diaryl/α,β-unsaturated/α-hetero) is 1. The molecular weight excluding hydrogens is 302 g/mol. The molecule has 1 amide bonds. The molecule has 1 fully saturated rings. The van der Waals surface area contributed by atoms with Gasteiger partial charge < -0.3 is 10.0 Å². The number of carbonyl (C=O) groups excluding carboxylic acids is 2. The van der Waals surface area contributed by atoms with Crippen LogP contribution in [0.5, 0.6) is 0 Å². The molecule has 1 aromatic carbocycles. The SMILES string of the molecule is C=CCN1C(=O)[C@@](O)([C@@H]2CCCCC2=O)c2cc(Cl)ccc21. The number of hydrogen-bond acceptors (Lipinski definition) is 3. The molecule has 1 aliphatic carbocycles. The molecule has 116 valence electrons. The summed E-state index contributed by atoms with van der Waals surface area (Å²) in [7, 11) is 0. The Hall–Kier alpha value is -1.65. The van der Waals surface area contributed by atoms with Gasteiger partial charge in [0, 0.05) is 23.6 Å². The number of benzene rings is 1. The molecule has 0 saturated heterocycles. The zero-order valence-electron chi connectivity index (χ0n) is 12.2. The monoisotopic (exact) mass is 319 g/mol. The molecule has 1 N–H and O–H groups in total. The molecule has 1 aliphatic heterocycles. The molecule has 4 nitrogen and oxygen atoms in total. The van der Waals surface area contributed by atoms with Gasteiger partial charge in [0.05, 0.1) is 11.6 Å². The Labute approximate surface area is 134 Å². The number of halogens is 1. The highest BCUT2D eigenvalue weighted by atomic mass is 35.5. The van der Waals surface area contributed by atoms with Crippen LogP contribution in [0.25, 0.3) is 0 Å². The molecule has 3 rings (SSSR count). The Morgan fingerprint density at radius 3 is 2.86 bits per heavy atom. The van der Waals surface area contributed by atoms with Gasteiger partial charge in [0.2, 0.25) is 0 Å². The molecule has 22 heavy (non-hydrogen) atoms. The highest BCUT2D eigenvalue weighted by molar-refractivity contribution is 6.31. The number of carbonyl (C=O) groups is 2. The second-order valence-electron chi connectivity index (χ2n) is 5.90. The minimum absolute atomic E-state index is 0.0477. The summed E-state index contributed by atoms with van der Waals surface area (Å²) in [5.74, 6) is -1.20. The Morgan fingerprint density at radius 2 is 2.18 bits per heavy atom. The van der Waals surface area contributed by atoms with E-state index >= 15 is 0 Å². The van der Waals surface area contributed by atoms with E-state index in [2.05, 4.69) is 6.58 Å². The molecule has 1 heterocycles. The van der Waals surface area contributed by atoms with Crippen molar-refractivity contribution in [1.29, 1.82) is 0 Å². The molecule has 0 radical (unpaired) electrons. The third-order valence-electron chi connectivity index (χ3n) is 4.60. The molecule has 0 spiro atoms. The maximum Gasteiger partial charge on any atom is 0.264 e. The summed E-state index contributed by atoms with van der Waals surface area (Å²) in [5, 5.41) is 11.7. The number of anilines is 1. The summed E-state index contributed by atoms with van der Waals surface area (Å²) in [4.78, 5) is 26.6. The van der Waals surface area contributed by atoms with E-state index in [1.165, 1.54) is 4.90 Å². The van der Waals surface area contributed by atoms with Crippen LogP contribution in [0.15, 0.2) is 30.9 Å². The summed E-state index contributed by atoms with van der Waals surface area (Å²) in [5.41, 5.74) is -0.761. The zero-order chi connectivity index (χ0) is 15.9. The first-order valence-corrected chi connectivity index (χ1v) is 7.86. The third-order valence-corrected chi connectivity index (χ3v) is 4.84. The Bertz CT molecular complexity index is 657. The van der Waals surface area contributed by atoms with Gasteiger partial charge >= 0.3 is 0 Å². The number of rotatable bonds is 3. The molecule has 2 aliphatic rings. The van der Waals surface area contributed by atoms with Crippen LogP contribution in [0, 0.1) is 5.92 Å². The van der Waals surface area contributed by atoms with Crippen LogP contribution in [-0.4, -0.2) is 23.3 Å². The first-order valence-electron chi connectivity index (χ1n) is 7.48. The van der Waals surface area contributed by atoms with Gasteiger partial charge in [-0.05, 0) is 31.0 Å². The van der Waals surface area contributed by atoms with Crippen molar-refractivity contribution < 1.29 is 14.7 Å². The van der Waals surface area contributed by atoms with Crippen LogP contribution in [0.1, 0.15) is 31.2 Å². The van der Waals surface area contributed by atoms with E-state index in [1.807, 2.05) is 0 Å². The Morgan fingerprint density at radius 1 is 1.41 bits per heavy atom. The van der Waals surface area contributed by atoms with Gasteiger partial charge in [0.1, 0.15) is 5.78 Å². The maximum atomic E-state index is 12.9. The van der Waals surface area contributed by atoms with Crippen LogP contribution >= 0.6 is 11.6 Å². The fraction of sp³-hybridized carbons (Fsp3) is 0.412. The predicted octanol–water partition coefficient (Wildman–Crippen LogP) is 2.82. The zero-order valence-corrected chi connectivity index (χ0v) is 13.0. The van der Waals surface area contributed by atoms with Crippen molar-refractivity contribution in [3.05, 3.63) is 41.4 Å². The van der Waals surface area contributed by atoms with Crippen molar-refractivity contribution in [2.45, 2.75) is 31.3 Å². The van der Waals surface area contributed by atoms with E-state index in [1.54, 1.807) is 24.3 Å². The van der Waals surface area contributed by atoms with E-state index in [0.29, 0.717) is 29.1 Å². The summed E-state index contributed by atoms with van der Waals surface area (Å²) >= 11 is 6.05. The molecular formula is C17H18ClNO3. The quantitative estimate of drug-likeness (QED) is 0.872. The molecule has 5 heteroatoms. The van der Waals surface area contributed by atoms with Crippen molar-refractivity contribution in [3.8, 4) is 0 Å². The fourth-order valence-corrected chi connectivity index (χ4v) is 3.72. The van der Waals surface area contributed by atoms with Gasteiger partial charge in [-0.2, -0.15) is 0 Å². The smallest absolute Gasteiger partial charge is 0.264 e. The molecule has 0 aromatic heterocycles. The van der Waals surface area contributed by atoms with E-state index in [-0.39, 0.29) is 12.3 Å². The van der Waals surface area contributed by atoms with Crippen LogP contribution in [-0.2, 0) is 15.2 Å². The number of ketones is 1. The number of amides is 1. The Balaban J connectivity index is 2.14. The lowest BCUT2D eigenvalue weighted by molar-refractivity contribution is -0.152. The number of hydrogen-bond donors (Lipinski definition) is 1. The number of fused-ring (bicyclic) bond motifs is 1. The first kappa shape index (κ1) is 15.3. The summed E-state index contributed by atoms with van der Waals surface area (Å²) in [6, 6.07) is 4.99. The van der Waals surface area contributed by atoms with Crippen molar-refractivity contribution in [1.82, 2.24) is 0 Å². The number of nitrogens with zero attached hydrogens (tertiary/aromatic N) is 1. The van der Waals surface area contributed by atoms with E-state index < -0.39 is 17.4 Å². The van der Waals surface area contributed by atoms with Gasteiger partial charge in [0.25, 0.3) is 5.91 Å². The highest BCUT2D eigenvalue weighted by Gasteiger charge is 2.56. The van der Waals surface area contributed by atoms with E-state index in [9.17, 15) is 14.7 Å². The molecule has 1 aromatic rings. The highest BCUT2D eigenvalue weighted by Crippen LogP contribution is 2.48. The fourth-order valence-electron chi connectivity index (χ4n) is 3.55. The Kier molecular flexibility index (Phi) is 3.83. The third kappa shape index (κ3) is 2.09. The van der Waals surface area contributed by atoms with Crippen molar-refractivity contribution in [3.63, 3.8) is 0 Å². The molecule has 1 saturated carbocycles. The van der Waals surface area contributed by atoms with Crippen LogP contribution in [0.2, 0.25) is 5.02 Å². The second kappa shape index (κ2) is 5.52. The van der Waals surface area contributed by atoms with Gasteiger partial charge in [-0.1, -0.05) is 24.1 Å². The van der Waals surface area contributed by atoms with Gasteiger partial charge in [-0.25, -0.2) is 0 Å². The van der Waals surface area contributed by atoms with Gasteiger partial charge in [-0.3, -0.25) is 9.59 Å². The van der Waals surface area contributed by atoms with Crippen molar-refractivity contribution in [2.75, 3.05) is 11.4 Å². The number of aliphatic hydroxyl groups is 1. The topological polar surface area (TPSA) is 57.6 Å². The standard InChI is InChI=1S/C17H18ClNO3/c1-2-9-19-14-8-7-11(18)10-13(14)17(22,16(19)21)12-5-3-4-6-15(12)20/h2,7-8,10,12,22H,1,3-6,9H2/t12-,17-/m1/s1. The largest absolute Gasteiger partial charge is 0.375 e. The van der Waals surface area contributed by atoms with Crippen molar-refractivity contribution >= 4 is 29.0 Å². The van der Waals surface area contributed by atoms with Crippen molar-refractivity contribution in [2.24, 2.45) is 5.92 Å². The van der Waals surface area contributed by atoms with Crippen LogP contribution in [0.3, 0.4) is 0 Å². The average molecular weight is 320 g/mol.